The minimum atomic E-state index is -4.79. The number of anilines is 2. The van der Waals surface area contributed by atoms with Crippen LogP contribution in [0.5, 0.6) is 0 Å². The second kappa shape index (κ2) is 13.0. The fourth-order valence-corrected chi connectivity index (χ4v) is 6.59. The van der Waals surface area contributed by atoms with Crippen LogP contribution in [-0.4, -0.2) is 81.3 Å². The van der Waals surface area contributed by atoms with E-state index >= 15 is 0 Å². The number of rotatable bonds is 8. The van der Waals surface area contributed by atoms with E-state index in [2.05, 4.69) is 20.0 Å². The lowest BCUT2D eigenvalue weighted by molar-refractivity contribution is -0.140. The van der Waals surface area contributed by atoms with Gasteiger partial charge in [0.05, 0.1) is 21.0 Å². The number of likely N-dealkylation sites (tertiary alicyclic amines) is 1. The summed E-state index contributed by atoms with van der Waals surface area (Å²) in [4.78, 5) is 6.66. The Kier molecular flexibility index (Phi) is 9.98. The zero-order chi connectivity index (χ0) is 30.7. The molecule has 0 unspecified atom stereocenters. The molecule has 0 saturated carbocycles. The summed E-state index contributed by atoms with van der Waals surface area (Å²) in [6, 6.07) is 8.43. The van der Waals surface area contributed by atoms with Crippen molar-refractivity contribution in [3.05, 3.63) is 53.6 Å². The van der Waals surface area contributed by atoms with Gasteiger partial charge >= 0.3 is 12.4 Å². The average Bonchev–Trinajstić information content (AvgIpc) is 2.92. The highest BCUT2D eigenvalue weighted by Gasteiger charge is 2.36. The molecule has 2 aliphatic rings. The van der Waals surface area contributed by atoms with Gasteiger partial charge in [0.15, 0.2) is 9.84 Å². The maximum Gasteiger partial charge on any atom is 0.417 e. The summed E-state index contributed by atoms with van der Waals surface area (Å²) in [6.07, 6.45) is -5.38. The van der Waals surface area contributed by atoms with Crippen molar-refractivity contribution in [2.24, 2.45) is 0 Å². The lowest BCUT2D eigenvalue weighted by Crippen LogP contribution is -2.47. The molecule has 0 bridgehead atoms. The maximum atomic E-state index is 13.5. The van der Waals surface area contributed by atoms with Crippen molar-refractivity contribution in [3.8, 4) is 0 Å². The van der Waals surface area contributed by atoms with Crippen LogP contribution >= 0.6 is 12.2 Å². The first-order chi connectivity index (χ1) is 19.6. The Balaban J connectivity index is 1.17. The third kappa shape index (κ3) is 8.50. The van der Waals surface area contributed by atoms with E-state index in [1.807, 2.05) is 0 Å². The molecule has 2 heterocycles. The van der Waals surface area contributed by atoms with Crippen molar-refractivity contribution in [1.29, 1.82) is 0 Å². The summed E-state index contributed by atoms with van der Waals surface area (Å²) >= 11 is 5.65. The fourth-order valence-electron chi connectivity index (χ4n) is 5.38. The molecule has 1 N–H and O–H groups in total. The van der Waals surface area contributed by atoms with E-state index in [4.69, 9.17) is 12.2 Å². The highest BCUT2D eigenvalue weighted by atomic mass is 32.2. The molecule has 42 heavy (non-hydrogen) atoms. The molecule has 14 heteroatoms. The lowest BCUT2D eigenvalue weighted by Gasteiger charge is -2.37. The smallest absolute Gasteiger partial charge is 0.382 e. The van der Waals surface area contributed by atoms with E-state index in [1.54, 1.807) is 0 Å². The van der Waals surface area contributed by atoms with Crippen molar-refractivity contribution >= 4 is 38.4 Å². The van der Waals surface area contributed by atoms with Gasteiger partial charge in [0, 0.05) is 62.9 Å². The summed E-state index contributed by atoms with van der Waals surface area (Å²) in [5.74, 6) is 0. The molecule has 0 amide bonds. The van der Waals surface area contributed by atoms with E-state index < -0.39 is 38.2 Å². The largest absolute Gasteiger partial charge is 0.417 e. The molecule has 2 aromatic carbocycles. The normalized spacial score (nSPS) is 17.9. The van der Waals surface area contributed by atoms with E-state index in [1.165, 1.54) is 18.2 Å². The summed E-state index contributed by atoms with van der Waals surface area (Å²) in [6.45, 7) is 5.31. The van der Waals surface area contributed by atoms with Crippen LogP contribution in [0.4, 0.5) is 37.7 Å². The number of thiocarbonyl (C=S) groups is 1. The molecule has 2 fully saturated rings. The number of alkyl halides is 6. The Hall–Kier alpha value is -2.58. The van der Waals surface area contributed by atoms with Crippen LogP contribution in [0.2, 0.25) is 0 Å². The fraction of sp³-hybridized carbons (Fsp3) is 0.536. The van der Waals surface area contributed by atoms with Crippen molar-refractivity contribution in [3.63, 3.8) is 0 Å². The zero-order valence-electron chi connectivity index (χ0n) is 23.1. The van der Waals surface area contributed by atoms with Gasteiger partial charge in [-0.1, -0.05) is 12.2 Å². The molecule has 0 spiro atoms. The van der Waals surface area contributed by atoms with Gasteiger partial charge in [0.2, 0.25) is 0 Å². The molecule has 2 aliphatic heterocycles. The van der Waals surface area contributed by atoms with Crippen LogP contribution in [0.25, 0.3) is 0 Å². The molecular weight excluding hydrogens is 602 g/mol. The summed E-state index contributed by atoms with van der Waals surface area (Å²) in [5, 5.41) is 3.12. The van der Waals surface area contributed by atoms with Gasteiger partial charge in [-0.3, -0.25) is 4.90 Å². The van der Waals surface area contributed by atoms with Gasteiger partial charge in [-0.15, -0.1) is 0 Å². The van der Waals surface area contributed by atoms with Gasteiger partial charge in [0.25, 0.3) is 0 Å². The number of hydrogen-bond acceptors (Lipinski definition) is 6. The number of piperazine rings is 1. The first-order valence-corrected chi connectivity index (χ1v) is 16.0. The number of nitrogens with zero attached hydrogens (tertiary/aromatic N) is 3. The van der Waals surface area contributed by atoms with Crippen molar-refractivity contribution in [2.75, 3.05) is 62.3 Å². The predicted molar refractivity (Wildman–Crippen MR) is 155 cm³/mol. The molecule has 232 valence electrons. The van der Waals surface area contributed by atoms with Gasteiger partial charge in [0.1, 0.15) is 0 Å². The van der Waals surface area contributed by atoms with E-state index in [0.717, 1.165) is 86.8 Å². The third-order valence-corrected chi connectivity index (χ3v) is 9.32. The Labute approximate surface area is 247 Å². The molecule has 2 aromatic rings. The summed E-state index contributed by atoms with van der Waals surface area (Å²) in [5.41, 5.74) is -0.806. The SMILES string of the molecule is CS(=O)(=O)c1ccc(NC2CCN(C(=S)CCCN3CCN(c4ccc(C(F)(F)F)cc4)CC3)CC2)cc1C(F)(F)F. The first kappa shape index (κ1) is 32.3. The molecule has 6 nitrogen and oxygen atoms in total. The van der Waals surface area contributed by atoms with Crippen molar-refractivity contribution in [1.82, 2.24) is 9.80 Å². The van der Waals surface area contributed by atoms with Crippen molar-refractivity contribution in [2.45, 2.75) is 49.0 Å². The van der Waals surface area contributed by atoms with Gasteiger partial charge in [-0.2, -0.15) is 26.3 Å². The van der Waals surface area contributed by atoms with E-state index in [-0.39, 0.29) is 11.7 Å². The van der Waals surface area contributed by atoms with Crippen LogP contribution in [-0.2, 0) is 22.2 Å². The highest BCUT2D eigenvalue weighted by Crippen LogP contribution is 2.36. The molecule has 0 aromatic heterocycles. The van der Waals surface area contributed by atoms with Crippen LogP contribution in [0.15, 0.2) is 47.4 Å². The number of hydrogen-bond donors (Lipinski definition) is 1. The van der Waals surface area contributed by atoms with Crippen LogP contribution in [0.3, 0.4) is 0 Å². The monoisotopic (exact) mass is 636 g/mol. The molecule has 0 radical (unpaired) electrons. The summed E-state index contributed by atoms with van der Waals surface area (Å²) in [7, 11) is -4.02. The average molecular weight is 637 g/mol. The molecule has 4 rings (SSSR count). The molecule has 0 aliphatic carbocycles. The van der Waals surface area contributed by atoms with E-state index in [0.29, 0.717) is 25.9 Å². The number of sulfone groups is 1. The Morgan fingerprint density at radius 3 is 2.07 bits per heavy atom. The Morgan fingerprint density at radius 1 is 0.905 bits per heavy atom. The zero-order valence-corrected chi connectivity index (χ0v) is 24.8. The molecular formula is C28H34F6N4O2S2. The van der Waals surface area contributed by atoms with Crippen LogP contribution in [0, 0.1) is 0 Å². The maximum absolute atomic E-state index is 13.5. The number of piperidine rings is 1. The first-order valence-electron chi connectivity index (χ1n) is 13.7. The predicted octanol–water partition coefficient (Wildman–Crippen LogP) is 5.93. The van der Waals surface area contributed by atoms with Crippen LogP contribution < -0.4 is 10.2 Å². The van der Waals surface area contributed by atoms with Gasteiger partial charge in [-0.25, -0.2) is 8.42 Å². The number of benzene rings is 2. The second-order valence-electron chi connectivity index (χ2n) is 10.8. The number of halogens is 6. The summed E-state index contributed by atoms with van der Waals surface area (Å²) < 4.78 is 102. The Bertz CT molecular complexity index is 1330. The number of nitrogens with one attached hydrogen (secondary N) is 1. The lowest BCUT2D eigenvalue weighted by atomic mass is 10.0. The van der Waals surface area contributed by atoms with Crippen LogP contribution in [0.1, 0.15) is 36.8 Å². The molecule has 0 atom stereocenters. The van der Waals surface area contributed by atoms with Gasteiger partial charge < -0.3 is 15.1 Å². The molecule has 2 saturated heterocycles. The Morgan fingerprint density at radius 2 is 1.52 bits per heavy atom. The highest BCUT2D eigenvalue weighted by molar-refractivity contribution is 7.90. The topological polar surface area (TPSA) is 55.9 Å². The minimum absolute atomic E-state index is 0.0600. The van der Waals surface area contributed by atoms with Gasteiger partial charge in [-0.05, 0) is 74.7 Å². The standard InChI is InChI=1S/C28H34F6N4O2S2/c1-42(39,40)25-9-6-22(19-24(25)28(32,33)34)35-21-10-13-38(14-11-21)26(41)3-2-12-36-15-17-37(18-16-36)23-7-4-20(5-8-23)27(29,30)31/h4-9,19,21,35H,2-3,10-18H2,1H3. The van der Waals surface area contributed by atoms with E-state index in [9.17, 15) is 34.8 Å². The minimum Gasteiger partial charge on any atom is -0.382 e. The van der Waals surface area contributed by atoms with Crippen molar-refractivity contribution < 1.29 is 34.8 Å². The second-order valence-corrected chi connectivity index (χ2v) is 13.2. The third-order valence-electron chi connectivity index (χ3n) is 7.70. The quantitative estimate of drug-likeness (QED) is 0.285.